The van der Waals surface area contributed by atoms with Crippen LogP contribution in [0.4, 0.5) is 0 Å². The summed E-state index contributed by atoms with van der Waals surface area (Å²) in [6, 6.07) is -0.0316. The number of carbonyl (C=O) groups is 1. The van der Waals surface area contributed by atoms with Gasteiger partial charge in [-0.1, -0.05) is 0 Å². The molecule has 0 aliphatic rings. The molecule has 26 heavy (non-hydrogen) atoms. The van der Waals surface area contributed by atoms with Crippen LogP contribution in [0.2, 0.25) is 0 Å². The minimum atomic E-state index is -0.301. The number of nitrogens with zero attached hydrogens (tertiary/aromatic N) is 2. The van der Waals surface area contributed by atoms with Crippen molar-refractivity contribution in [1.29, 1.82) is 0 Å². The third-order valence-electron chi connectivity index (χ3n) is 3.37. The first-order chi connectivity index (χ1) is 12.0. The number of aryl methyl sites for hydroxylation is 1. The molecule has 0 amide bonds. The Bertz CT molecular complexity index is 567. The van der Waals surface area contributed by atoms with Crippen molar-refractivity contribution in [3.05, 3.63) is 15.6 Å². The molecular formula is C17H31IN4O2S2. The number of thioether (sulfide) groups is 1. The first kappa shape index (κ1) is 25.4. The summed E-state index contributed by atoms with van der Waals surface area (Å²) < 4.78 is 5.08. The molecule has 0 aliphatic heterocycles. The molecule has 0 radical (unpaired) electrons. The highest BCUT2D eigenvalue weighted by Gasteiger charge is 2.20. The number of ether oxygens (including phenoxy) is 1. The number of unbranched alkanes of at least 4 members (excludes halogenated alkanes) is 1. The van der Waals surface area contributed by atoms with E-state index in [9.17, 15) is 4.79 Å². The first-order valence-corrected chi connectivity index (χ1v) is 10.9. The number of esters is 1. The number of aromatic nitrogens is 1. The maximum absolute atomic E-state index is 11.9. The quantitative estimate of drug-likeness (QED) is 0.162. The van der Waals surface area contributed by atoms with E-state index < -0.39 is 0 Å². The van der Waals surface area contributed by atoms with Crippen molar-refractivity contribution >= 4 is 59.0 Å². The lowest BCUT2D eigenvalue weighted by atomic mass is 10.3. The Kier molecular flexibility index (Phi) is 14.2. The predicted octanol–water partition coefficient (Wildman–Crippen LogP) is 4.01. The van der Waals surface area contributed by atoms with E-state index in [1.165, 1.54) is 23.5 Å². The van der Waals surface area contributed by atoms with E-state index in [4.69, 9.17) is 4.74 Å². The molecule has 9 heteroatoms. The lowest BCUT2D eigenvalue weighted by Gasteiger charge is -2.16. The Morgan fingerprint density at radius 3 is 2.73 bits per heavy atom. The molecule has 0 aromatic carbocycles. The van der Waals surface area contributed by atoms with E-state index in [2.05, 4.69) is 26.9 Å². The molecule has 0 spiro atoms. The van der Waals surface area contributed by atoms with Crippen molar-refractivity contribution in [2.75, 3.05) is 31.7 Å². The number of thiazole rings is 1. The van der Waals surface area contributed by atoms with Crippen LogP contribution in [0, 0.1) is 6.92 Å². The highest BCUT2D eigenvalue weighted by atomic mass is 127. The van der Waals surface area contributed by atoms with Gasteiger partial charge in [-0.05, 0) is 52.5 Å². The van der Waals surface area contributed by atoms with Gasteiger partial charge in [-0.15, -0.1) is 35.3 Å². The summed E-state index contributed by atoms with van der Waals surface area (Å²) in [4.78, 5) is 21.6. The van der Waals surface area contributed by atoms with Gasteiger partial charge in [0.15, 0.2) is 5.96 Å². The zero-order chi connectivity index (χ0) is 18.7. The minimum Gasteiger partial charge on any atom is -0.462 e. The Morgan fingerprint density at radius 2 is 2.12 bits per heavy atom. The molecular weight excluding hydrogens is 483 g/mol. The highest BCUT2D eigenvalue weighted by molar-refractivity contribution is 14.0. The van der Waals surface area contributed by atoms with Gasteiger partial charge in [0.05, 0.1) is 18.3 Å². The summed E-state index contributed by atoms with van der Waals surface area (Å²) in [6.45, 7) is 9.67. The fourth-order valence-electron chi connectivity index (χ4n) is 2.12. The summed E-state index contributed by atoms with van der Waals surface area (Å²) in [5.41, 5.74) is 0.714. The van der Waals surface area contributed by atoms with Gasteiger partial charge in [-0.2, -0.15) is 11.8 Å². The first-order valence-electron chi connectivity index (χ1n) is 8.71. The maximum atomic E-state index is 11.9. The van der Waals surface area contributed by atoms with Crippen LogP contribution in [0.5, 0.6) is 0 Å². The number of aliphatic imine (C=N–C) groups is 1. The standard InChI is InChI=1S/C17H30N4O2S2.HI/c1-6-18-17(19-10-8-9-11-24-5)21-13(4)15-20-12(3)14(25-15)16(22)23-7-2;/h13H,6-11H2,1-5H3,(H2,18,19,21);1H. The molecule has 6 nitrogen and oxygen atoms in total. The molecule has 1 atom stereocenters. The van der Waals surface area contributed by atoms with Crippen LogP contribution < -0.4 is 10.6 Å². The SMILES string of the molecule is CCNC(=NCCCCSC)NC(C)c1nc(C)c(C(=O)OCC)s1.I. The average molecular weight is 514 g/mol. The second-order valence-corrected chi connectivity index (χ2v) is 7.53. The van der Waals surface area contributed by atoms with Crippen LogP contribution in [0.25, 0.3) is 0 Å². The fraction of sp³-hybridized carbons (Fsp3) is 0.706. The molecule has 1 aromatic heterocycles. The molecule has 0 aliphatic carbocycles. The summed E-state index contributed by atoms with van der Waals surface area (Å²) in [5, 5.41) is 7.48. The molecule has 1 rings (SSSR count). The van der Waals surface area contributed by atoms with Gasteiger partial charge in [-0.3, -0.25) is 4.99 Å². The van der Waals surface area contributed by atoms with Gasteiger partial charge in [0.2, 0.25) is 0 Å². The van der Waals surface area contributed by atoms with Crippen molar-refractivity contribution in [3.63, 3.8) is 0 Å². The molecule has 0 bridgehead atoms. The fourth-order valence-corrected chi connectivity index (χ4v) is 3.58. The Hall–Kier alpha value is -0.550. The lowest BCUT2D eigenvalue weighted by molar-refractivity contribution is 0.0531. The van der Waals surface area contributed by atoms with Gasteiger partial charge in [-0.25, -0.2) is 9.78 Å². The molecule has 150 valence electrons. The largest absolute Gasteiger partial charge is 0.462 e. The molecule has 0 fully saturated rings. The summed E-state index contributed by atoms with van der Waals surface area (Å²) in [7, 11) is 0. The molecule has 1 aromatic rings. The Balaban J connectivity index is 0.00000625. The van der Waals surface area contributed by atoms with E-state index in [1.54, 1.807) is 6.92 Å². The average Bonchev–Trinajstić information content (AvgIpc) is 2.97. The number of hydrogen-bond acceptors (Lipinski definition) is 6. The van der Waals surface area contributed by atoms with Gasteiger partial charge >= 0.3 is 5.97 Å². The van der Waals surface area contributed by atoms with Crippen LogP contribution >= 0.6 is 47.1 Å². The van der Waals surface area contributed by atoms with Gasteiger partial charge in [0, 0.05) is 13.1 Å². The molecule has 2 N–H and O–H groups in total. The number of guanidine groups is 1. The van der Waals surface area contributed by atoms with Gasteiger partial charge in [0.25, 0.3) is 0 Å². The number of hydrogen-bond donors (Lipinski definition) is 2. The Morgan fingerprint density at radius 1 is 1.38 bits per heavy atom. The van der Waals surface area contributed by atoms with Crippen LogP contribution in [0.1, 0.15) is 60.0 Å². The van der Waals surface area contributed by atoms with Crippen LogP contribution in [-0.2, 0) is 4.74 Å². The monoisotopic (exact) mass is 514 g/mol. The third kappa shape index (κ3) is 8.90. The summed E-state index contributed by atoms with van der Waals surface area (Å²) >= 11 is 3.24. The normalized spacial score (nSPS) is 12.3. The molecule has 0 saturated heterocycles. The second kappa shape index (κ2) is 14.5. The van der Waals surface area contributed by atoms with E-state index in [0.717, 1.165) is 30.5 Å². The summed E-state index contributed by atoms with van der Waals surface area (Å²) in [6.07, 6.45) is 4.38. The van der Waals surface area contributed by atoms with E-state index in [0.29, 0.717) is 17.2 Å². The number of nitrogens with one attached hydrogen (secondary N) is 2. The van der Waals surface area contributed by atoms with E-state index in [1.807, 2.05) is 32.5 Å². The molecule has 1 unspecified atom stereocenters. The van der Waals surface area contributed by atoms with Crippen molar-refractivity contribution in [2.24, 2.45) is 4.99 Å². The highest BCUT2D eigenvalue weighted by Crippen LogP contribution is 2.24. The van der Waals surface area contributed by atoms with E-state index >= 15 is 0 Å². The summed E-state index contributed by atoms with van der Waals surface area (Å²) in [5.74, 6) is 1.65. The van der Waals surface area contributed by atoms with Crippen LogP contribution in [0.3, 0.4) is 0 Å². The number of halogens is 1. The second-order valence-electron chi connectivity index (χ2n) is 5.51. The van der Waals surface area contributed by atoms with Crippen molar-refractivity contribution in [3.8, 4) is 0 Å². The predicted molar refractivity (Wildman–Crippen MR) is 123 cm³/mol. The molecule has 1 heterocycles. The van der Waals surface area contributed by atoms with Gasteiger partial charge in [0.1, 0.15) is 9.88 Å². The van der Waals surface area contributed by atoms with Gasteiger partial charge < -0.3 is 15.4 Å². The minimum absolute atomic E-state index is 0. The topological polar surface area (TPSA) is 75.6 Å². The zero-order valence-corrected chi connectivity index (χ0v) is 20.2. The van der Waals surface area contributed by atoms with Crippen LogP contribution in [0.15, 0.2) is 4.99 Å². The lowest BCUT2D eigenvalue weighted by Crippen LogP contribution is -2.38. The smallest absolute Gasteiger partial charge is 0.350 e. The number of rotatable bonds is 10. The van der Waals surface area contributed by atoms with E-state index in [-0.39, 0.29) is 36.0 Å². The molecule has 0 saturated carbocycles. The van der Waals surface area contributed by atoms with Crippen molar-refractivity contribution < 1.29 is 9.53 Å². The van der Waals surface area contributed by atoms with Crippen molar-refractivity contribution in [2.45, 2.75) is 46.6 Å². The van der Waals surface area contributed by atoms with Crippen LogP contribution in [-0.4, -0.2) is 48.6 Å². The Labute approximate surface area is 182 Å². The number of carbonyl (C=O) groups excluding carboxylic acids is 1. The maximum Gasteiger partial charge on any atom is 0.350 e. The third-order valence-corrected chi connectivity index (χ3v) is 5.39. The zero-order valence-electron chi connectivity index (χ0n) is 16.3. The van der Waals surface area contributed by atoms with Crippen molar-refractivity contribution in [1.82, 2.24) is 15.6 Å².